The van der Waals surface area contributed by atoms with Crippen LogP contribution < -0.4 is 4.74 Å². The fourth-order valence-electron chi connectivity index (χ4n) is 2.47. The Bertz CT molecular complexity index is 418. The number of rotatable bonds is 12. The van der Waals surface area contributed by atoms with E-state index >= 15 is 0 Å². The van der Waals surface area contributed by atoms with E-state index in [4.69, 9.17) is 9.47 Å². The zero-order valence-corrected chi connectivity index (χ0v) is 13.9. The molecule has 2 nitrogen and oxygen atoms in total. The van der Waals surface area contributed by atoms with Crippen LogP contribution >= 0.6 is 0 Å². The van der Waals surface area contributed by atoms with Gasteiger partial charge in [0.25, 0.3) is 0 Å². The quantitative estimate of drug-likeness (QED) is 0.369. The maximum atomic E-state index is 5.63. The summed E-state index contributed by atoms with van der Waals surface area (Å²) in [5.41, 5.74) is 1.25. The number of hydrogen-bond acceptors (Lipinski definition) is 2. The van der Waals surface area contributed by atoms with E-state index in [1.807, 2.05) is 12.1 Å². The molecular formula is C20H30O2. The Morgan fingerprint density at radius 3 is 2.41 bits per heavy atom. The van der Waals surface area contributed by atoms with Gasteiger partial charge in [-0.2, -0.15) is 0 Å². The van der Waals surface area contributed by atoms with Crippen molar-refractivity contribution in [3.63, 3.8) is 0 Å². The number of hydrogen-bond donors (Lipinski definition) is 0. The Hall–Kier alpha value is -1.28. The highest BCUT2D eigenvalue weighted by Gasteiger charge is 2.22. The van der Waals surface area contributed by atoms with E-state index in [-0.39, 0.29) is 0 Å². The summed E-state index contributed by atoms with van der Waals surface area (Å²) < 4.78 is 10.8. The van der Waals surface area contributed by atoms with Gasteiger partial charge in [-0.25, -0.2) is 0 Å². The van der Waals surface area contributed by atoms with Crippen LogP contribution in [0, 0.1) is 0 Å². The molecule has 1 aromatic carbocycles. The third kappa shape index (κ3) is 7.65. The zero-order valence-electron chi connectivity index (χ0n) is 13.9. The van der Waals surface area contributed by atoms with E-state index in [9.17, 15) is 0 Å². The van der Waals surface area contributed by atoms with Gasteiger partial charge in [-0.3, -0.25) is 0 Å². The standard InChI is InChI=1S/C20H30O2/c1-2-3-4-5-6-7-8-9-10-11-18-12-14-19(15-13-18)21-16-20-17-22-20/h10-15,20H,2-9,16-17H2,1H3/b11-10+. The molecule has 0 spiro atoms. The average Bonchev–Trinajstić information content (AvgIpc) is 3.37. The highest BCUT2D eigenvalue weighted by molar-refractivity contribution is 5.50. The highest BCUT2D eigenvalue weighted by Crippen LogP contribution is 2.17. The second kappa shape index (κ2) is 10.4. The lowest BCUT2D eigenvalue weighted by Gasteiger charge is -2.04. The molecule has 0 aromatic heterocycles. The van der Waals surface area contributed by atoms with E-state index in [1.165, 1.54) is 56.9 Å². The lowest BCUT2D eigenvalue weighted by atomic mass is 10.1. The minimum absolute atomic E-state index is 0.321. The molecular weight excluding hydrogens is 272 g/mol. The molecule has 1 fully saturated rings. The summed E-state index contributed by atoms with van der Waals surface area (Å²) in [5, 5.41) is 0. The van der Waals surface area contributed by atoms with Gasteiger partial charge < -0.3 is 9.47 Å². The molecule has 1 unspecified atom stereocenters. The zero-order chi connectivity index (χ0) is 15.5. The van der Waals surface area contributed by atoms with Crippen molar-refractivity contribution >= 4 is 6.08 Å². The molecule has 1 aliphatic heterocycles. The summed E-state index contributed by atoms with van der Waals surface area (Å²) in [7, 11) is 0. The van der Waals surface area contributed by atoms with Crippen LogP contribution in [-0.4, -0.2) is 19.3 Å². The molecule has 1 aromatic rings. The van der Waals surface area contributed by atoms with Gasteiger partial charge >= 0.3 is 0 Å². The second-order valence-electron chi connectivity index (χ2n) is 6.15. The van der Waals surface area contributed by atoms with Crippen molar-refractivity contribution in [1.29, 1.82) is 0 Å². The molecule has 122 valence electrons. The fraction of sp³-hybridized carbons (Fsp3) is 0.600. The van der Waals surface area contributed by atoms with Crippen LogP contribution in [0.15, 0.2) is 30.3 Å². The normalized spacial score (nSPS) is 17.0. The van der Waals surface area contributed by atoms with Gasteiger partial charge in [-0.05, 0) is 30.5 Å². The number of unbranched alkanes of at least 4 members (excludes halogenated alkanes) is 7. The molecule has 22 heavy (non-hydrogen) atoms. The van der Waals surface area contributed by atoms with Gasteiger partial charge in [0.15, 0.2) is 0 Å². The van der Waals surface area contributed by atoms with Crippen LogP contribution in [0.3, 0.4) is 0 Å². The first-order chi connectivity index (χ1) is 10.9. The Balaban J connectivity index is 1.53. The van der Waals surface area contributed by atoms with Gasteiger partial charge in [0.2, 0.25) is 0 Å². The third-order valence-corrected chi connectivity index (χ3v) is 4.00. The maximum Gasteiger partial charge on any atom is 0.119 e. The topological polar surface area (TPSA) is 21.8 Å². The van der Waals surface area contributed by atoms with Crippen LogP contribution in [0.2, 0.25) is 0 Å². The smallest absolute Gasteiger partial charge is 0.119 e. The SMILES string of the molecule is CCCCCCCCC/C=C/c1ccc(OCC2CO2)cc1. The van der Waals surface area contributed by atoms with Crippen LogP contribution in [0.1, 0.15) is 63.9 Å². The summed E-state index contributed by atoms with van der Waals surface area (Å²) >= 11 is 0. The van der Waals surface area contributed by atoms with Crippen LogP contribution in [0.4, 0.5) is 0 Å². The molecule has 1 aliphatic rings. The molecule has 1 saturated heterocycles. The average molecular weight is 302 g/mol. The third-order valence-electron chi connectivity index (χ3n) is 4.00. The summed E-state index contributed by atoms with van der Waals surface area (Å²) in [6.45, 7) is 3.79. The largest absolute Gasteiger partial charge is 0.491 e. The minimum atomic E-state index is 0.321. The first-order valence-electron chi connectivity index (χ1n) is 8.89. The number of ether oxygens (including phenoxy) is 2. The maximum absolute atomic E-state index is 5.63. The number of epoxide rings is 1. The van der Waals surface area contributed by atoms with E-state index in [2.05, 4.69) is 31.2 Å². The second-order valence-corrected chi connectivity index (χ2v) is 6.15. The van der Waals surface area contributed by atoms with Gasteiger partial charge in [0, 0.05) is 0 Å². The number of allylic oxidation sites excluding steroid dienone is 1. The molecule has 1 heterocycles. The summed E-state index contributed by atoms with van der Waals surface area (Å²) in [4.78, 5) is 0. The van der Waals surface area contributed by atoms with E-state index in [0.29, 0.717) is 12.7 Å². The lowest BCUT2D eigenvalue weighted by Crippen LogP contribution is -2.03. The molecule has 2 rings (SSSR count). The predicted octanol–water partition coefficient (Wildman–Crippen LogP) is 5.62. The Morgan fingerprint density at radius 1 is 1.05 bits per heavy atom. The van der Waals surface area contributed by atoms with Crippen LogP contribution in [0.25, 0.3) is 6.08 Å². The predicted molar refractivity (Wildman–Crippen MR) is 93.3 cm³/mol. The van der Waals surface area contributed by atoms with Crippen molar-refractivity contribution < 1.29 is 9.47 Å². The van der Waals surface area contributed by atoms with Crippen molar-refractivity contribution in [2.45, 2.75) is 64.4 Å². The van der Waals surface area contributed by atoms with Gasteiger partial charge in [0.1, 0.15) is 18.5 Å². The minimum Gasteiger partial charge on any atom is -0.491 e. The summed E-state index contributed by atoms with van der Waals surface area (Å²) in [6.07, 6.45) is 15.6. The van der Waals surface area contributed by atoms with Gasteiger partial charge in [-0.15, -0.1) is 0 Å². The summed E-state index contributed by atoms with van der Waals surface area (Å²) in [5.74, 6) is 0.930. The monoisotopic (exact) mass is 302 g/mol. The molecule has 0 aliphatic carbocycles. The number of benzene rings is 1. The van der Waals surface area contributed by atoms with Crippen molar-refractivity contribution in [2.24, 2.45) is 0 Å². The van der Waals surface area contributed by atoms with E-state index in [0.717, 1.165) is 12.4 Å². The van der Waals surface area contributed by atoms with Gasteiger partial charge in [0.05, 0.1) is 6.61 Å². The molecule has 0 bridgehead atoms. The van der Waals surface area contributed by atoms with Gasteiger partial charge in [-0.1, -0.05) is 69.7 Å². The molecule has 2 heteroatoms. The van der Waals surface area contributed by atoms with Crippen molar-refractivity contribution in [2.75, 3.05) is 13.2 Å². The molecule has 0 radical (unpaired) electrons. The fourth-order valence-corrected chi connectivity index (χ4v) is 2.47. The first-order valence-corrected chi connectivity index (χ1v) is 8.89. The molecule has 1 atom stereocenters. The first kappa shape index (κ1) is 17.1. The lowest BCUT2D eigenvalue weighted by molar-refractivity contribution is 0.263. The Kier molecular flexibility index (Phi) is 8.11. The Labute approximate surface area is 135 Å². The van der Waals surface area contributed by atoms with Crippen LogP contribution in [0.5, 0.6) is 5.75 Å². The Morgan fingerprint density at radius 2 is 1.73 bits per heavy atom. The summed E-state index contributed by atoms with van der Waals surface area (Å²) in [6, 6.07) is 8.31. The highest BCUT2D eigenvalue weighted by atomic mass is 16.6. The van der Waals surface area contributed by atoms with Crippen molar-refractivity contribution in [3.05, 3.63) is 35.9 Å². The van der Waals surface area contributed by atoms with Crippen LogP contribution in [-0.2, 0) is 4.74 Å². The van der Waals surface area contributed by atoms with E-state index < -0.39 is 0 Å². The van der Waals surface area contributed by atoms with E-state index in [1.54, 1.807) is 0 Å². The molecule has 0 N–H and O–H groups in total. The molecule has 0 amide bonds. The molecule has 0 saturated carbocycles. The van der Waals surface area contributed by atoms with Crippen molar-refractivity contribution in [1.82, 2.24) is 0 Å². The van der Waals surface area contributed by atoms with Crippen molar-refractivity contribution in [3.8, 4) is 5.75 Å².